The van der Waals surface area contributed by atoms with Crippen molar-refractivity contribution in [2.45, 2.75) is 23.6 Å². The van der Waals surface area contributed by atoms with E-state index >= 15 is 0 Å². The van der Waals surface area contributed by atoms with Gasteiger partial charge in [0.25, 0.3) is 0 Å². The molecule has 1 aliphatic heterocycles. The monoisotopic (exact) mass is 552 g/mol. The third-order valence-electron chi connectivity index (χ3n) is 5.20. The van der Waals surface area contributed by atoms with Crippen LogP contribution in [0.25, 0.3) is 5.57 Å². The standard InChI is InChI=1S/C26H20N2O6S3/c1-18-10-12-21(13-11-18)36(29,30)33-20-7-5-8-22(16-20)37(31,32)34-28-26-15-14-25(35-26)24(17-27)23-9-4-3-6-19(23)2/h3-16H,1-2H3. The molecule has 3 aromatic rings. The lowest BCUT2D eigenvalue weighted by Gasteiger charge is -2.09. The maximum atomic E-state index is 12.7. The van der Waals surface area contributed by atoms with Gasteiger partial charge in [0, 0.05) is 11.0 Å². The maximum absolute atomic E-state index is 12.7. The third kappa shape index (κ3) is 6.11. The topological polar surface area (TPSA) is 123 Å². The molecule has 0 amide bonds. The second-order valence-corrected chi connectivity index (χ2v) is 12.0. The zero-order valence-electron chi connectivity index (χ0n) is 19.7. The first-order chi connectivity index (χ1) is 17.6. The first-order valence-corrected chi connectivity index (χ1v) is 14.4. The summed E-state index contributed by atoms with van der Waals surface area (Å²) < 4.78 is 60.5. The van der Waals surface area contributed by atoms with E-state index in [0.29, 0.717) is 10.5 Å². The van der Waals surface area contributed by atoms with Crippen molar-refractivity contribution in [3.63, 3.8) is 0 Å². The Morgan fingerprint density at radius 2 is 1.59 bits per heavy atom. The van der Waals surface area contributed by atoms with Crippen molar-refractivity contribution in [3.8, 4) is 11.8 Å². The van der Waals surface area contributed by atoms with Gasteiger partial charge in [0.15, 0.2) is 0 Å². The van der Waals surface area contributed by atoms with Crippen LogP contribution in [0.3, 0.4) is 0 Å². The zero-order chi connectivity index (χ0) is 26.6. The predicted molar refractivity (Wildman–Crippen MR) is 142 cm³/mol. The molecule has 0 fully saturated rings. The Labute approximate surface area is 219 Å². The fourth-order valence-corrected chi connectivity index (χ4v) is 5.87. The average Bonchev–Trinajstić information content (AvgIpc) is 3.33. The van der Waals surface area contributed by atoms with Gasteiger partial charge in [-0.05, 0) is 61.4 Å². The highest BCUT2D eigenvalue weighted by molar-refractivity contribution is 8.18. The number of nitriles is 1. The molecule has 1 aliphatic rings. The Bertz CT molecular complexity index is 1700. The highest BCUT2D eigenvalue weighted by Crippen LogP contribution is 2.35. The quantitative estimate of drug-likeness (QED) is 0.219. The molecule has 8 nitrogen and oxygen atoms in total. The molecule has 0 saturated carbocycles. The first-order valence-electron chi connectivity index (χ1n) is 10.8. The smallest absolute Gasteiger partial charge is 0.358 e. The fraction of sp³-hybridized carbons (Fsp3) is 0.0769. The van der Waals surface area contributed by atoms with E-state index in [0.717, 1.165) is 34.5 Å². The van der Waals surface area contributed by atoms with Crippen LogP contribution in [-0.4, -0.2) is 21.9 Å². The molecule has 11 heteroatoms. The fourth-order valence-electron chi connectivity index (χ4n) is 3.30. The number of rotatable bonds is 7. The van der Waals surface area contributed by atoms with Crippen molar-refractivity contribution in [1.82, 2.24) is 0 Å². The summed E-state index contributed by atoms with van der Waals surface area (Å²) in [5, 5.41) is 13.6. The molecule has 0 radical (unpaired) electrons. The van der Waals surface area contributed by atoms with Gasteiger partial charge >= 0.3 is 20.2 Å². The SMILES string of the molecule is Cc1ccc(S(=O)(=O)Oc2cccc(S(=O)(=O)ON=C3C=CC(=C(C#N)c4ccccc4C)S3)c2)cc1. The van der Waals surface area contributed by atoms with Crippen molar-refractivity contribution in [2.75, 3.05) is 0 Å². The molecular formula is C26H20N2O6S3. The first kappa shape index (κ1) is 26.2. The molecule has 0 aliphatic carbocycles. The Balaban J connectivity index is 1.51. The van der Waals surface area contributed by atoms with Gasteiger partial charge < -0.3 is 4.18 Å². The van der Waals surface area contributed by atoms with Crippen molar-refractivity contribution >= 4 is 42.6 Å². The number of allylic oxidation sites excluding steroid dienone is 2. The minimum absolute atomic E-state index is 0.0645. The molecule has 3 aromatic carbocycles. The second kappa shape index (κ2) is 10.6. The van der Waals surface area contributed by atoms with Crippen molar-refractivity contribution in [2.24, 2.45) is 5.16 Å². The molecule has 0 unspecified atom stereocenters. The summed E-state index contributed by atoms with van der Waals surface area (Å²) in [4.78, 5) is 0.201. The van der Waals surface area contributed by atoms with Crippen LogP contribution in [0.2, 0.25) is 0 Å². The van der Waals surface area contributed by atoms with Gasteiger partial charge in [-0.3, -0.25) is 4.28 Å². The lowest BCUT2D eigenvalue weighted by atomic mass is 10.0. The van der Waals surface area contributed by atoms with E-state index in [1.807, 2.05) is 38.1 Å². The van der Waals surface area contributed by atoms with Gasteiger partial charge in [-0.2, -0.15) is 22.1 Å². The summed E-state index contributed by atoms with van der Waals surface area (Å²) in [6, 6.07) is 20.6. The minimum Gasteiger partial charge on any atom is -0.379 e. The molecule has 0 spiro atoms. The number of hydrogen-bond acceptors (Lipinski definition) is 9. The number of oxime groups is 1. The highest BCUT2D eigenvalue weighted by atomic mass is 32.2. The van der Waals surface area contributed by atoms with Gasteiger partial charge in [0.1, 0.15) is 26.7 Å². The third-order valence-corrected chi connectivity index (χ3v) is 8.54. The normalized spacial score (nSPS) is 15.9. The van der Waals surface area contributed by atoms with Crippen LogP contribution in [0.5, 0.6) is 5.75 Å². The number of nitrogens with zero attached hydrogens (tertiary/aromatic N) is 2. The van der Waals surface area contributed by atoms with Crippen LogP contribution in [0.15, 0.2) is 105 Å². The van der Waals surface area contributed by atoms with Crippen molar-refractivity contribution in [3.05, 3.63) is 107 Å². The highest BCUT2D eigenvalue weighted by Gasteiger charge is 2.22. The summed E-state index contributed by atoms with van der Waals surface area (Å²) in [5.74, 6) is -0.199. The largest absolute Gasteiger partial charge is 0.379 e. The summed E-state index contributed by atoms with van der Waals surface area (Å²) in [6.45, 7) is 3.71. The van der Waals surface area contributed by atoms with Crippen LogP contribution in [0.1, 0.15) is 16.7 Å². The maximum Gasteiger partial charge on any atom is 0.358 e. The summed E-state index contributed by atoms with van der Waals surface area (Å²) >= 11 is 1.09. The van der Waals surface area contributed by atoms with Crippen LogP contribution < -0.4 is 4.18 Å². The van der Waals surface area contributed by atoms with Crippen LogP contribution in [-0.2, 0) is 24.5 Å². The summed E-state index contributed by atoms with van der Waals surface area (Å²) in [5.41, 5.74) is 3.01. The Morgan fingerprint density at radius 3 is 2.30 bits per heavy atom. The molecular weight excluding hydrogens is 532 g/mol. The lowest BCUT2D eigenvalue weighted by Crippen LogP contribution is -2.10. The van der Waals surface area contributed by atoms with E-state index in [4.69, 9.17) is 8.47 Å². The molecule has 0 aromatic heterocycles. The molecule has 0 N–H and O–H groups in total. The average molecular weight is 553 g/mol. The molecule has 188 valence electrons. The Kier molecular flexibility index (Phi) is 7.54. The van der Waals surface area contributed by atoms with E-state index < -0.39 is 20.2 Å². The molecule has 4 rings (SSSR count). The van der Waals surface area contributed by atoms with Crippen molar-refractivity contribution in [1.29, 1.82) is 5.26 Å². The lowest BCUT2D eigenvalue weighted by molar-refractivity contribution is 0.340. The number of thioether (sulfide) groups is 1. The van der Waals surface area contributed by atoms with E-state index in [1.165, 1.54) is 30.3 Å². The van der Waals surface area contributed by atoms with Crippen LogP contribution in [0, 0.1) is 25.2 Å². The van der Waals surface area contributed by atoms with E-state index in [1.54, 1.807) is 24.3 Å². The van der Waals surface area contributed by atoms with Crippen LogP contribution >= 0.6 is 11.8 Å². The van der Waals surface area contributed by atoms with Gasteiger partial charge in [0.2, 0.25) is 0 Å². The van der Waals surface area contributed by atoms with Gasteiger partial charge in [-0.1, -0.05) is 64.9 Å². The molecule has 0 atom stereocenters. The predicted octanol–water partition coefficient (Wildman–Crippen LogP) is 5.33. The molecule has 0 bridgehead atoms. The molecule has 37 heavy (non-hydrogen) atoms. The summed E-state index contributed by atoms with van der Waals surface area (Å²) in [7, 11) is -8.56. The van der Waals surface area contributed by atoms with Crippen molar-refractivity contribution < 1.29 is 25.3 Å². The Morgan fingerprint density at radius 1 is 0.865 bits per heavy atom. The van der Waals surface area contributed by atoms with Crippen LogP contribution in [0.4, 0.5) is 0 Å². The number of aryl methyl sites for hydroxylation is 2. The molecule has 1 heterocycles. The van der Waals surface area contributed by atoms with Gasteiger partial charge in [0.05, 0.1) is 5.57 Å². The summed E-state index contributed by atoms with van der Waals surface area (Å²) in [6.07, 6.45) is 3.20. The second-order valence-electron chi connectivity index (χ2n) is 7.88. The molecule has 0 saturated heterocycles. The number of hydrogen-bond donors (Lipinski definition) is 0. The zero-order valence-corrected chi connectivity index (χ0v) is 22.1. The van der Waals surface area contributed by atoms with E-state index in [2.05, 4.69) is 11.2 Å². The van der Waals surface area contributed by atoms with E-state index in [-0.39, 0.29) is 20.6 Å². The number of benzene rings is 3. The van der Waals surface area contributed by atoms with Gasteiger partial charge in [-0.25, -0.2) is 0 Å². The van der Waals surface area contributed by atoms with Gasteiger partial charge in [-0.15, -0.1) is 0 Å². The minimum atomic E-state index is -4.39. The van der Waals surface area contributed by atoms with E-state index in [9.17, 15) is 22.1 Å². The Hall–Kier alpha value is -3.85.